The Morgan fingerprint density at radius 2 is 1.82 bits per heavy atom. The highest BCUT2D eigenvalue weighted by Gasteiger charge is 2.39. The predicted octanol–water partition coefficient (Wildman–Crippen LogP) is 1.44. The molecule has 3 rings (SSSR count). The van der Waals surface area contributed by atoms with Crippen molar-refractivity contribution in [3.63, 3.8) is 0 Å². The number of nitrogens with one attached hydrogen (secondary N) is 1. The summed E-state index contributed by atoms with van der Waals surface area (Å²) in [7, 11) is 0. The van der Waals surface area contributed by atoms with Gasteiger partial charge in [-0.1, -0.05) is 25.7 Å². The standard InChI is InChI=1S/C17H28N2O3/c20-11-12-5-1-4-8-15(12)18-17(22)13-9-16(21)19(10-13)14-6-2-3-7-14/h12-15,20H,1-11H2,(H,18,22). The fourth-order valence-electron chi connectivity index (χ4n) is 4.39. The first-order valence-corrected chi connectivity index (χ1v) is 8.89. The minimum absolute atomic E-state index is 0.0131. The number of rotatable bonds is 4. The largest absolute Gasteiger partial charge is 0.396 e. The van der Waals surface area contributed by atoms with Crippen LogP contribution in [-0.4, -0.2) is 47.1 Å². The first-order valence-electron chi connectivity index (χ1n) is 8.89. The van der Waals surface area contributed by atoms with E-state index in [-0.39, 0.29) is 36.3 Å². The Morgan fingerprint density at radius 1 is 1.14 bits per heavy atom. The van der Waals surface area contributed by atoms with Crippen molar-refractivity contribution < 1.29 is 14.7 Å². The number of aliphatic hydroxyl groups is 1. The summed E-state index contributed by atoms with van der Waals surface area (Å²) in [5.74, 6) is 0.142. The zero-order chi connectivity index (χ0) is 15.5. The highest BCUT2D eigenvalue weighted by Crippen LogP contribution is 2.30. The van der Waals surface area contributed by atoms with E-state index in [2.05, 4.69) is 5.32 Å². The molecule has 5 nitrogen and oxygen atoms in total. The van der Waals surface area contributed by atoms with Crippen LogP contribution in [0, 0.1) is 11.8 Å². The van der Waals surface area contributed by atoms with E-state index in [0.717, 1.165) is 38.5 Å². The van der Waals surface area contributed by atoms with Gasteiger partial charge in [0.2, 0.25) is 11.8 Å². The Bertz CT molecular complexity index is 420. The van der Waals surface area contributed by atoms with Crippen molar-refractivity contribution in [1.29, 1.82) is 0 Å². The van der Waals surface area contributed by atoms with E-state index in [1.165, 1.54) is 12.8 Å². The average molecular weight is 308 g/mol. The molecule has 3 aliphatic rings. The van der Waals surface area contributed by atoms with Gasteiger partial charge in [0, 0.05) is 37.6 Å². The van der Waals surface area contributed by atoms with Gasteiger partial charge in [-0.2, -0.15) is 0 Å². The van der Waals surface area contributed by atoms with Gasteiger partial charge in [0.25, 0.3) is 0 Å². The van der Waals surface area contributed by atoms with Crippen molar-refractivity contribution in [2.75, 3.05) is 13.2 Å². The quantitative estimate of drug-likeness (QED) is 0.826. The molecule has 1 heterocycles. The Kier molecular flexibility index (Phi) is 5.01. The van der Waals surface area contributed by atoms with Crippen LogP contribution in [0.5, 0.6) is 0 Å². The third-order valence-electron chi connectivity index (χ3n) is 5.77. The summed E-state index contributed by atoms with van der Waals surface area (Å²) >= 11 is 0. The maximum absolute atomic E-state index is 12.5. The zero-order valence-corrected chi connectivity index (χ0v) is 13.3. The molecule has 0 aromatic heterocycles. The molecule has 2 N–H and O–H groups in total. The molecule has 0 aromatic carbocycles. The van der Waals surface area contributed by atoms with Gasteiger partial charge < -0.3 is 15.3 Å². The third-order valence-corrected chi connectivity index (χ3v) is 5.77. The number of aliphatic hydroxyl groups excluding tert-OH is 1. The second-order valence-electron chi connectivity index (χ2n) is 7.23. The number of likely N-dealkylation sites (tertiary alicyclic amines) is 1. The topological polar surface area (TPSA) is 69.6 Å². The Hall–Kier alpha value is -1.10. The van der Waals surface area contributed by atoms with Gasteiger partial charge in [0.05, 0.1) is 5.92 Å². The molecule has 1 aliphatic heterocycles. The molecule has 1 saturated heterocycles. The smallest absolute Gasteiger partial charge is 0.225 e. The number of carbonyl (C=O) groups is 2. The fraction of sp³-hybridized carbons (Fsp3) is 0.882. The Labute approximate surface area is 132 Å². The SMILES string of the molecule is O=C(NC1CCCCC1CO)C1CC(=O)N(C2CCCC2)C1. The first-order chi connectivity index (χ1) is 10.7. The lowest BCUT2D eigenvalue weighted by Gasteiger charge is -2.31. The number of hydrogen-bond donors (Lipinski definition) is 2. The summed E-state index contributed by atoms with van der Waals surface area (Å²) in [6, 6.07) is 0.451. The van der Waals surface area contributed by atoms with Crippen molar-refractivity contribution in [3.8, 4) is 0 Å². The molecule has 124 valence electrons. The van der Waals surface area contributed by atoms with Crippen LogP contribution in [0.15, 0.2) is 0 Å². The Morgan fingerprint density at radius 3 is 2.55 bits per heavy atom. The maximum atomic E-state index is 12.5. The summed E-state index contributed by atoms with van der Waals surface area (Å²) in [6.07, 6.45) is 9.12. The molecule has 22 heavy (non-hydrogen) atoms. The van der Waals surface area contributed by atoms with Crippen molar-refractivity contribution in [2.24, 2.45) is 11.8 Å². The van der Waals surface area contributed by atoms with Crippen molar-refractivity contribution in [3.05, 3.63) is 0 Å². The molecule has 0 aromatic rings. The normalized spacial score (nSPS) is 33.4. The minimum Gasteiger partial charge on any atom is -0.396 e. The summed E-state index contributed by atoms with van der Waals surface area (Å²) in [6.45, 7) is 0.731. The highest BCUT2D eigenvalue weighted by atomic mass is 16.3. The van der Waals surface area contributed by atoms with Crippen molar-refractivity contribution >= 4 is 11.8 Å². The molecule has 3 unspecified atom stereocenters. The van der Waals surface area contributed by atoms with Crippen LogP contribution in [0.4, 0.5) is 0 Å². The van der Waals surface area contributed by atoms with Crippen LogP contribution in [0.1, 0.15) is 57.8 Å². The molecular formula is C17H28N2O3. The number of carbonyl (C=O) groups excluding carboxylic acids is 2. The van der Waals surface area contributed by atoms with Gasteiger partial charge in [-0.15, -0.1) is 0 Å². The lowest BCUT2D eigenvalue weighted by molar-refractivity contribution is -0.130. The van der Waals surface area contributed by atoms with Crippen molar-refractivity contribution in [1.82, 2.24) is 10.2 Å². The predicted molar refractivity (Wildman–Crippen MR) is 83.1 cm³/mol. The summed E-state index contributed by atoms with van der Waals surface area (Å²) in [4.78, 5) is 26.7. The second kappa shape index (κ2) is 6.99. The maximum Gasteiger partial charge on any atom is 0.225 e. The van der Waals surface area contributed by atoms with Gasteiger partial charge in [0.1, 0.15) is 0 Å². The average Bonchev–Trinajstić information content (AvgIpc) is 3.16. The first kappa shape index (κ1) is 15.8. The molecule has 5 heteroatoms. The van der Waals surface area contributed by atoms with Crippen molar-refractivity contribution in [2.45, 2.75) is 69.9 Å². The number of hydrogen-bond acceptors (Lipinski definition) is 3. The van der Waals surface area contributed by atoms with Gasteiger partial charge >= 0.3 is 0 Å². The van der Waals surface area contributed by atoms with Crippen LogP contribution < -0.4 is 5.32 Å². The number of amides is 2. The van der Waals surface area contributed by atoms with E-state index >= 15 is 0 Å². The minimum atomic E-state index is -0.200. The van der Waals surface area contributed by atoms with E-state index in [4.69, 9.17) is 0 Å². The molecule has 0 bridgehead atoms. The van der Waals surface area contributed by atoms with Gasteiger partial charge in [0.15, 0.2) is 0 Å². The van der Waals surface area contributed by atoms with Gasteiger partial charge in [-0.25, -0.2) is 0 Å². The van der Waals surface area contributed by atoms with Crippen LogP contribution in [0.25, 0.3) is 0 Å². The monoisotopic (exact) mass is 308 g/mol. The lowest BCUT2D eigenvalue weighted by atomic mass is 9.84. The molecule has 3 atom stereocenters. The van der Waals surface area contributed by atoms with E-state index < -0.39 is 0 Å². The van der Waals surface area contributed by atoms with E-state index in [0.29, 0.717) is 19.0 Å². The fourth-order valence-corrected chi connectivity index (χ4v) is 4.39. The molecule has 0 spiro atoms. The van der Waals surface area contributed by atoms with Crippen LogP contribution in [-0.2, 0) is 9.59 Å². The molecule has 0 radical (unpaired) electrons. The van der Waals surface area contributed by atoms with Crippen LogP contribution >= 0.6 is 0 Å². The lowest BCUT2D eigenvalue weighted by Crippen LogP contribution is -2.46. The summed E-state index contributed by atoms with van der Waals surface area (Å²) in [5.41, 5.74) is 0. The highest BCUT2D eigenvalue weighted by molar-refractivity contribution is 5.89. The van der Waals surface area contributed by atoms with Gasteiger partial charge in [-0.3, -0.25) is 9.59 Å². The summed E-state index contributed by atoms with van der Waals surface area (Å²) in [5, 5.41) is 12.6. The van der Waals surface area contributed by atoms with E-state index in [1.807, 2.05) is 4.90 Å². The molecule has 2 saturated carbocycles. The van der Waals surface area contributed by atoms with Crippen LogP contribution in [0.3, 0.4) is 0 Å². The second-order valence-corrected chi connectivity index (χ2v) is 7.23. The Balaban J connectivity index is 1.55. The molecule has 2 amide bonds. The van der Waals surface area contributed by atoms with E-state index in [1.54, 1.807) is 0 Å². The third kappa shape index (κ3) is 3.29. The molecule has 3 fully saturated rings. The van der Waals surface area contributed by atoms with Crippen LogP contribution in [0.2, 0.25) is 0 Å². The summed E-state index contributed by atoms with van der Waals surface area (Å²) < 4.78 is 0. The van der Waals surface area contributed by atoms with E-state index in [9.17, 15) is 14.7 Å². The zero-order valence-electron chi connectivity index (χ0n) is 13.3. The molecular weight excluding hydrogens is 280 g/mol. The molecule has 2 aliphatic carbocycles. The van der Waals surface area contributed by atoms with Gasteiger partial charge in [-0.05, 0) is 25.7 Å². The number of nitrogens with zero attached hydrogens (tertiary/aromatic N) is 1.